The van der Waals surface area contributed by atoms with Crippen molar-refractivity contribution in [2.75, 3.05) is 0 Å². The van der Waals surface area contributed by atoms with E-state index in [0.29, 0.717) is 5.82 Å². The van der Waals surface area contributed by atoms with Crippen LogP contribution >= 0.6 is 11.3 Å². The third-order valence-corrected chi connectivity index (χ3v) is 5.91. The molecule has 0 atom stereocenters. The van der Waals surface area contributed by atoms with Gasteiger partial charge in [0.25, 0.3) is 5.56 Å². The second-order valence-corrected chi connectivity index (χ2v) is 7.76. The van der Waals surface area contributed by atoms with Gasteiger partial charge in [0.1, 0.15) is 11.4 Å². The number of esters is 1. The van der Waals surface area contributed by atoms with Gasteiger partial charge in [-0.25, -0.2) is 4.98 Å². The Morgan fingerprint density at radius 1 is 1.31 bits per heavy atom. The molecule has 2 heterocycles. The fraction of sp³-hybridized carbons (Fsp3) is 0.350. The first-order valence-corrected chi connectivity index (χ1v) is 9.63. The largest absolute Gasteiger partial charge is 0.458 e. The number of hydrogen-bond donors (Lipinski definition) is 0. The number of thiophene rings is 1. The highest BCUT2D eigenvalue weighted by Gasteiger charge is 2.23. The van der Waals surface area contributed by atoms with E-state index < -0.39 is 0 Å². The average Bonchev–Trinajstić information content (AvgIpc) is 2.98. The number of benzene rings is 1. The van der Waals surface area contributed by atoms with E-state index in [1.807, 2.05) is 31.2 Å². The Morgan fingerprint density at radius 2 is 2.12 bits per heavy atom. The molecule has 0 saturated heterocycles. The molecule has 0 saturated carbocycles. The summed E-state index contributed by atoms with van der Waals surface area (Å²) < 4.78 is 6.77. The number of nitrogens with zero attached hydrogens (tertiary/aromatic N) is 2. The molecule has 134 valence electrons. The van der Waals surface area contributed by atoms with Crippen molar-refractivity contribution in [3.05, 3.63) is 56.4 Å². The van der Waals surface area contributed by atoms with E-state index in [-0.39, 0.29) is 18.1 Å². The first-order chi connectivity index (χ1) is 12.5. The van der Waals surface area contributed by atoms with Crippen molar-refractivity contribution in [2.24, 2.45) is 0 Å². The SMILES string of the molecule is CC(=O)OCc1nc2sc3c(c2c(=O)n1-c1cccc(C)c1)CCCC3. The van der Waals surface area contributed by atoms with Crippen molar-refractivity contribution in [3.63, 3.8) is 0 Å². The fourth-order valence-corrected chi connectivity index (χ4v) is 4.81. The van der Waals surface area contributed by atoms with Crippen molar-refractivity contribution in [2.45, 2.75) is 46.1 Å². The molecule has 0 bridgehead atoms. The quantitative estimate of drug-likeness (QED) is 0.662. The third kappa shape index (κ3) is 2.94. The van der Waals surface area contributed by atoms with Crippen LogP contribution in [0.25, 0.3) is 15.9 Å². The van der Waals surface area contributed by atoms with E-state index in [9.17, 15) is 9.59 Å². The van der Waals surface area contributed by atoms with Gasteiger partial charge in [-0.1, -0.05) is 12.1 Å². The number of fused-ring (bicyclic) bond motifs is 3. The maximum Gasteiger partial charge on any atom is 0.303 e. The monoisotopic (exact) mass is 368 g/mol. The standard InChI is InChI=1S/C20H20N2O3S/c1-12-6-5-7-14(10-12)22-17(11-25-13(2)23)21-19-18(20(22)24)15-8-3-4-9-16(15)26-19/h5-7,10H,3-4,8-9,11H2,1-2H3. The number of ether oxygens (including phenoxy) is 1. The molecule has 0 radical (unpaired) electrons. The molecule has 3 aromatic rings. The Bertz CT molecular complexity index is 1060. The number of hydrogen-bond acceptors (Lipinski definition) is 5. The highest BCUT2D eigenvalue weighted by Crippen LogP contribution is 2.34. The second-order valence-electron chi connectivity index (χ2n) is 6.68. The predicted molar refractivity (Wildman–Crippen MR) is 102 cm³/mol. The van der Waals surface area contributed by atoms with Crippen LogP contribution in [0.4, 0.5) is 0 Å². The van der Waals surface area contributed by atoms with Gasteiger partial charge >= 0.3 is 5.97 Å². The zero-order valence-corrected chi connectivity index (χ0v) is 15.7. The first kappa shape index (κ1) is 17.0. The Kier molecular flexibility index (Phi) is 4.36. The zero-order valence-electron chi connectivity index (χ0n) is 14.9. The van der Waals surface area contributed by atoms with E-state index in [0.717, 1.165) is 52.7 Å². The first-order valence-electron chi connectivity index (χ1n) is 8.81. The van der Waals surface area contributed by atoms with Crippen molar-refractivity contribution < 1.29 is 9.53 Å². The number of carbonyl (C=O) groups is 1. The van der Waals surface area contributed by atoms with E-state index in [4.69, 9.17) is 9.72 Å². The maximum absolute atomic E-state index is 13.4. The Labute approximate surface area is 155 Å². The fourth-order valence-electron chi connectivity index (χ4n) is 3.54. The minimum Gasteiger partial charge on any atom is -0.458 e. The number of carbonyl (C=O) groups excluding carboxylic acids is 1. The van der Waals surface area contributed by atoms with Gasteiger partial charge in [-0.3, -0.25) is 14.2 Å². The second kappa shape index (κ2) is 6.68. The summed E-state index contributed by atoms with van der Waals surface area (Å²) in [5, 5.41) is 0.734. The van der Waals surface area contributed by atoms with Crippen molar-refractivity contribution in [1.82, 2.24) is 9.55 Å². The Morgan fingerprint density at radius 3 is 2.88 bits per heavy atom. The molecular weight excluding hydrogens is 348 g/mol. The van der Waals surface area contributed by atoms with E-state index in [1.165, 1.54) is 11.8 Å². The van der Waals surface area contributed by atoms with Crippen LogP contribution in [0.1, 0.15) is 41.6 Å². The summed E-state index contributed by atoms with van der Waals surface area (Å²) in [5.74, 6) is 0.0718. The Hall–Kier alpha value is -2.47. The third-order valence-electron chi connectivity index (χ3n) is 4.72. The van der Waals surface area contributed by atoms with E-state index in [1.54, 1.807) is 15.9 Å². The molecule has 6 heteroatoms. The zero-order chi connectivity index (χ0) is 18.3. The Balaban J connectivity index is 1.99. The maximum atomic E-state index is 13.4. The molecule has 0 unspecified atom stereocenters. The van der Waals surface area contributed by atoms with Gasteiger partial charge in [-0.2, -0.15) is 0 Å². The molecule has 2 aromatic heterocycles. The molecule has 1 aliphatic rings. The lowest BCUT2D eigenvalue weighted by molar-refractivity contribution is -0.142. The van der Waals surface area contributed by atoms with Gasteiger partial charge in [0.15, 0.2) is 5.82 Å². The molecule has 0 amide bonds. The molecule has 1 aromatic carbocycles. The van der Waals surface area contributed by atoms with Crippen molar-refractivity contribution >= 4 is 27.5 Å². The topological polar surface area (TPSA) is 61.2 Å². The number of aryl methyl sites for hydroxylation is 3. The molecule has 5 nitrogen and oxygen atoms in total. The molecule has 0 N–H and O–H groups in total. The van der Waals surface area contributed by atoms with Gasteiger partial charge in [-0.05, 0) is 55.9 Å². The highest BCUT2D eigenvalue weighted by atomic mass is 32.1. The van der Waals surface area contributed by atoms with Crippen LogP contribution in [0.3, 0.4) is 0 Å². The van der Waals surface area contributed by atoms with Crippen LogP contribution in [0.15, 0.2) is 29.1 Å². The lowest BCUT2D eigenvalue weighted by Crippen LogP contribution is -2.25. The molecule has 1 aliphatic carbocycles. The van der Waals surface area contributed by atoms with Crippen molar-refractivity contribution in [3.8, 4) is 5.69 Å². The van der Waals surface area contributed by atoms with Gasteiger partial charge in [-0.15, -0.1) is 11.3 Å². The van der Waals surface area contributed by atoms with Crippen LogP contribution < -0.4 is 5.56 Å². The molecule has 0 spiro atoms. The summed E-state index contributed by atoms with van der Waals surface area (Å²) in [6.45, 7) is 3.33. The summed E-state index contributed by atoms with van der Waals surface area (Å²) >= 11 is 1.60. The number of rotatable bonds is 3. The normalized spacial score (nSPS) is 13.6. The van der Waals surface area contributed by atoms with Gasteiger partial charge in [0, 0.05) is 11.8 Å². The average molecular weight is 368 g/mol. The molecule has 0 fully saturated rings. The van der Waals surface area contributed by atoms with E-state index in [2.05, 4.69) is 0 Å². The molecular formula is C20H20N2O3S. The lowest BCUT2D eigenvalue weighted by Gasteiger charge is -2.14. The molecule has 26 heavy (non-hydrogen) atoms. The minimum absolute atomic E-state index is 0.0168. The summed E-state index contributed by atoms with van der Waals surface area (Å²) in [7, 11) is 0. The molecule has 0 aliphatic heterocycles. The van der Waals surface area contributed by atoms with Crippen LogP contribution in [0.2, 0.25) is 0 Å². The summed E-state index contributed by atoms with van der Waals surface area (Å²) in [6, 6.07) is 7.74. The predicted octanol–water partition coefficient (Wildman–Crippen LogP) is 3.70. The summed E-state index contributed by atoms with van der Waals surface area (Å²) in [5.41, 5.74) is 2.90. The van der Waals surface area contributed by atoms with Gasteiger partial charge in [0.2, 0.25) is 0 Å². The van der Waals surface area contributed by atoms with Crippen LogP contribution in [0.5, 0.6) is 0 Å². The van der Waals surface area contributed by atoms with Crippen LogP contribution in [-0.2, 0) is 29.0 Å². The number of aromatic nitrogens is 2. The van der Waals surface area contributed by atoms with Crippen LogP contribution in [-0.4, -0.2) is 15.5 Å². The van der Waals surface area contributed by atoms with Gasteiger partial charge in [0.05, 0.1) is 11.1 Å². The minimum atomic E-state index is -0.388. The van der Waals surface area contributed by atoms with Crippen LogP contribution in [0, 0.1) is 6.92 Å². The van der Waals surface area contributed by atoms with Crippen molar-refractivity contribution in [1.29, 1.82) is 0 Å². The smallest absolute Gasteiger partial charge is 0.303 e. The summed E-state index contributed by atoms with van der Waals surface area (Å²) in [6.07, 6.45) is 4.22. The van der Waals surface area contributed by atoms with Gasteiger partial charge < -0.3 is 4.74 Å². The lowest BCUT2D eigenvalue weighted by atomic mass is 9.97. The summed E-state index contributed by atoms with van der Waals surface area (Å²) in [4.78, 5) is 31.5. The highest BCUT2D eigenvalue weighted by molar-refractivity contribution is 7.18. The molecule has 4 rings (SSSR count). The van der Waals surface area contributed by atoms with E-state index >= 15 is 0 Å².